The van der Waals surface area contributed by atoms with Gasteiger partial charge < -0.3 is 10.1 Å². The zero-order chi connectivity index (χ0) is 10.8. The van der Waals surface area contributed by atoms with Crippen LogP contribution in [0.1, 0.15) is 12.8 Å². The van der Waals surface area contributed by atoms with E-state index in [1.807, 2.05) is 0 Å². The van der Waals surface area contributed by atoms with Crippen molar-refractivity contribution in [2.75, 3.05) is 52.5 Å². The average Bonchev–Trinajstić information content (AvgIpc) is 3.15. The molecule has 1 N–H and O–H groups in total. The Kier molecular flexibility index (Phi) is 3.43. The van der Waals surface area contributed by atoms with Crippen LogP contribution in [0.2, 0.25) is 0 Å². The van der Waals surface area contributed by atoms with Crippen LogP contribution in [0.3, 0.4) is 0 Å². The molecule has 1 aliphatic carbocycles. The molecule has 3 aliphatic rings. The predicted octanol–water partition coefficient (Wildman–Crippen LogP) is -0.245. The number of rotatable bonds is 3. The van der Waals surface area contributed by atoms with Gasteiger partial charge in [-0.25, -0.2) is 0 Å². The number of hydrogen-bond acceptors (Lipinski definition) is 4. The lowest BCUT2D eigenvalue weighted by molar-refractivity contribution is 0.0493. The third kappa shape index (κ3) is 2.74. The van der Waals surface area contributed by atoms with E-state index in [9.17, 15) is 0 Å². The van der Waals surface area contributed by atoms with Crippen molar-refractivity contribution in [3.05, 3.63) is 0 Å². The molecule has 4 heteroatoms. The molecule has 4 nitrogen and oxygen atoms in total. The van der Waals surface area contributed by atoms with Crippen LogP contribution in [0.15, 0.2) is 0 Å². The van der Waals surface area contributed by atoms with Crippen molar-refractivity contribution in [1.29, 1.82) is 0 Å². The maximum absolute atomic E-state index is 5.49. The maximum Gasteiger partial charge on any atom is 0.0632 e. The molecule has 3 rings (SSSR count). The predicted molar refractivity (Wildman–Crippen MR) is 63.6 cm³/mol. The van der Waals surface area contributed by atoms with E-state index in [0.717, 1.165) is 25.8 Å². The standard InChI is InChI=1S/C12H23N3O/c1-2-12(1)15-6-4-14(5-7-15)9-11-10-16-8-3-13-11/h11-13H,1-10H2. The summed E-state index contributed by atoms with van der Waals surface area (Å²) in [5, 5.41) is 3.53. The minimum absolute atomic E-state index is 0.557. The quantitative estimate of drug-likeness (QED) is 0.717. The number of nitrogens with zero attached hydrogens (tertiary/aromatic N) is 2. The first-order valence-corrected chi connectivity index (χ1v) is 6.69. The average molecular weight is 225 g/mol. The summed E-state index contributed by atoms with van der Waals surface area (Å²) >= 11 is 0. The molecule has 92 valence electrons. The number of ether oxygens (including phenoxy) is 1. The zero-order valence-electron chi connectivity index (χ0n) is 10.0. The topological polar surface area (TPSA) is 27.7 Å². The van der Waals surface area contributed by atoms with Crippen LogP contribution >= 0.6 is 0 Å². The SMILES string of the molecule is C1COCC(CN2CCN(C3CC3)CC2)N1. The lowest BCUT2D eigenvalue weighted by Crippen LogP contribution is -2.53. The van der Waals surface area contributed by atoms with Crippen molar-refractivity contribution in [2.24, 2.45) is 0 Å². The molecular formula is C12H23N3O. The summed E-state index contributed by atoms with van der Waals surface area (Å²) in [6, 6.07) is 1.50. The molecule has 1 unspecified atom stereocenters. The summed E-state index contributed by atoms with van der Waals surface area (Å²) in [7, 11) is 0. The Bertz CT molecular complexity index is 218. The summed E-state index contributed by atoms with van der Waals surface area (Å²) in [4.78, 5) is 5.26. The van der Waals surface area contributed by atoms with Crippen LogP contribution in [-0.4, -0.2) is 74.4 Å². The largest absolute Gasteiger partial charge is 0.378 e. The monoisotopic (exact) mass is 225 g/mol. The van der Waals surface area contributed by atoms with E-state index in [0.29, 0.717) is 6.04 Å². The van der Waals surface area contributed by atoms with E-state index in [2.05, 4.69) is 15.1 Å². The van der Waals surface area contributed by atoms with E-state index >= 15 is 0 Å². The zero-order valence-corrected chi connectivity index (χ0v) is 10.0. The fourth-order valence-corrected chi connectivity index (χ4v) is 2.80. The molecule has 1 saturated carbocycles. The number of hydrogen-bond donors (Lipinski definition) is 1. The third-order valence-electron chi connectivity index (χ3n) is 3.95. The van der Waals surface area contributed by atoms with Crippen molar-refractivity contribution in [3.8, 4) is 0 Å². The van der Waals surface area contributed by atoms with Gasteiger partial charge in [-0.2, -0.15) is 0 Å². The van der Waals surface area contributed by atoms with Gasteiger partial charge in [0.05, 0.1) is 13.2 Å². The second-order valence-electron chi connectivity index (χ2n) is 5.29. The summed E-state index contributed by atoms with van der Waals surface area (Å²) in [5.41, 5.74) is 0. The second kappa shape index (κ2) is 5.00. The lowest BCUT2D eigenvalue weighted by atomic mass is 10.2. The van der Waals surface area contributed by atoms with Gasteiger partial charge in [0.2, 0.25) is 0 Å². The first kappa shape index (κ1) is 11.0. The Hall–Kier alpha value is -0.160. The molecule has 3 fully saturated rings. The molecule has 0 radical (unpaired) electrons. The van der Waals surface area contributed by atoms with Crippen molar-refractivity contribution in [2.45, 2.75) is 24.9 Å². The molecule has 0 aromatic heterocycles. The van der Waals surface area contributed by atoms with Crippen LogP contribution < -0.4 is 5.32 Å². The Morgan fingerprint density at radius 3 is 2.56 bits per heavy atom. The Balaban J connectivity index is 1.39. The summed E-state index contributed by atoms with van der Waals surface area (Å²) in [5.74, 6) is 0. The molecule has 0 spiro atoms. The highest BCUT2D eigenvalue weighted by molar-refractivity contribution is 4.88. The van der Waals surface area contributed by atoms with Gasteiger partial charge in [-0.1, -0.05) is 0 Å². The normalized spacial score (nSPS) is 34.1. The molecule has 0 aromatic rings. The van der Waals surface area contributed by atoms with Gasteiger partial charge in [-0.15, -0.1) is 0 Å². The Labute approximate surface area is 97.9 Å². The van der Waals surface area contributed by atoms with E-state index in [-0.39, 0.29) is 0 Å². The molecular weight excluding hydrogens is 202 g/mol. The van der Waals surface area contributed by atoms with Crippen molar-refractivity contribution < 1.29 is 4.74 Å². The molecule has 2 heterocycles. The van der Waals surface area contributed by atoms with E-state index in [4.69, 9.17) is 4.74 Å². The molecule has 16 heavy (non-hydrogen) atoms. The van der Waals surface area contributed by atoms with E-state index in [1.54, 1.807) is 0 Å². The first-order chi connectivity index (χ1) is 7.92. The minimum atomic E-state index is 0.557. The van der Waals surface area contributed by atoms with Gasteiger partial charge in [-0.3, -0.25) is 9.80 Å². The van der Waals surface area contributed by atoms with Crippen molar-refractivity contribution in [3.63, 3.8) is 0 Å². The minimum Gasteiger partial charge on any atom is -0.378 e. The third-order valence-corrected chi connectivity index (χ3v) is 3.95. The molecule has 1 atom stereocenters. The van der Waals surface area contributed by atoms with Crippen LogP contribution in [0.25, 0.3) is 0 Å². The van der Waals surface area contributed by atoms with Gasteiger partial charge in [0.1, 0.15) is 0 Å². The van der Waals surface area contributed by atoms with Gasteiger partial charge in [0.25, 0.3) is 0 Å². The highest BCUT2D eigenvalue weighted by atomic mass is 16.5. The van der Waals surface area contributed by atoms with E-state index < -0.39 is 0 Å². The number of morpholine rings is 1. The van der Waals surface area contributed by atoms with Crippen LogP contribution in [-0.2, 0) is 4.74 Å². The highest BCUT2D eigenvalue weighted by Crippen LogP contribution is 2.27. The second-order valence-corrected chi connectivity index (χ2v) is 5.29. The van der Waals surface area contributed by atoms with Gasteiger partial charge in [0.15, 0.2) is 0 Å². The molecule has 0 bridgehead atoms. The van der Waals surface area contributed by atoms with E-state index in [1.165, 1.54) is 45.6 Å². The smallest absolute Gasteiger partial charge is 0.0632 e. The number of piperazine rings is 1. The molecule has 0 aromatic carbocycles. The summed E-state index contributed by atoms with van der Waals surface area (Å²) in [6.07, 6.45) is 2.88. The van der Waals surface area contributed by atoms with Gasteiger partial charge in [-0.05, 0) is 12.8 Å². The molecule has 0 amide bonds. The fourth-order valence-electron chi connectivity index (χ4n) is 2.80. The Morgan fingerprint density at radius 2 is 1.94 bits per heavy atom. The summed E-state index contributed by atoms with van der Waals surface area (Å²) < 4.78 is 5.49. The lowest BCUT2D eigenvalue weighted by Gasteiger charge is -2.37. The van der Waals surface area contributed by atoms with Crippen LogP contribution in [0.5, 0.6) is 0 Å². The molecule has 2 aliphatic heterocycles. The van der Waals surface area contributed by atoms with Crippen molar-refractivity contribution >= 4 is 0 Å². The fraction of sp³-hybridized carbons (Fsp3) is 1.00. The first-order valence-electron chi connectivity index (χ1n) is 6.69. The van der Waals surface area contributed by atoms with Gasteiger partial charge in [0, 0.05) is 51.4 Å². The number of nitrogens with one attached hydrogen (secondary N) is 1. The maximum atomic E-state index is 5.49. The van der Waals surface area contributed by atoms with Gasteiger partial charge >= 0.3 is 0 Å². The van der Waals surface area contributed by atoms with Crippen molar-refractivity contribution in [1.82, 2.24) is 15.1 Å². The Morgan fingerprint density at radius 1 is 1.12 bits per heavy atom. The van der Waals surface area contributed by atoms with Crippen LogP contribution in [0, 0.1) is 0 Å². The molecule has 2 saturated heterocycles. The summed E-state index contributed by atoms with van der Waals surface area (Å²) in [6.45, 7) is 9.00. The van der Waals surface area contributed by atoms with Crippen LogP contribution in [0.4, 0.5) is 0 Å². The highest BCUT2D eigenvalue weighted by Gasteiger charge is 2.31.